The van der Waals surface area contributed by atoms with Gasteiger partial charge in [-0.2, -0.15) is 0 Å². The number of allylic oxidation sites excluding steroid dienone is 3. The number of amides is 2. The second-order valence-electron chi connectivity index (χ2n) is 19.5. The van der Waals surface area contributed by atoms with E-state index in [0.717, 1.165) is 76.2 Å². The van der Waals surface area contributed by atoms with Gasteiger partial charge in [0.2, 0.25) is 11.8 Å². The molecule has 3 aliphatic heterocycles. The number of hydrogen-bond acceptors (Lipinski definition) is 8. The molecule has 2 amide bonds. The highest BCUT2D eigenvalue weighted by molar-refractivity contribution is 6.74. The molecule has 1 spiro atoms. The zero-order valence-electron chi connectivity index (χ0n) is 37.9. The Kier molecular flexibility index (Phi) is 19.6. The summed E-state index contributed by atoms with van der Waals surface area (Å²) in [4.78, 5) is 39.2. The van der Waals surface area contributed by atoms with E-state index in [1.54, 1.807) is 12.2 Å². The first kappa shape index (κ1) is 49.5. The van der Waals surface area contributed by atoms with E-state index in [0.29, 0.717) is 24.8 Å². The van der Waals surface area contributed by atoms with Crippen molar-refractivity contribution in [2.24, 2.45) is 23.7 Å². The van der Waals surface area contributed by atoms with E-state index in [1.807, 2.05) is 27.7 Å². The van der Waals surface area contributed by atoms with Gasteiger partial charge in [-0.05, 0) is 126 Å². The highest BCUT2D eigenvalue weighted by Gasteiger charge is 2.45. The maximum Gasteiger partial charge on any atom is 0.225 e. The fourth-order valence-electron chi connectivity index (χ4n) is 8.19. The van der Waals surface area contributed by atoms with E-state index >= 15 is 0 Å². The van der Waals surface area contributed by atoms with Gasteiger partial charge in [0.1, 0.15) is 0 Å². The van der Waals surface area contributed by atoms with Gasteiger partial charge in [-0.15, -0.1) is 0 Å². The fourth-order valence-corrected chi connectivity index (χ4v) is 9.59. The summed E-state index contributed by atoms with van der Waals surface area (Å²) >= 11 is 0. The van der Waals surface area contributed by atoms with Crippen molar-refractivity contribution in [1.82, 2.24) is 10.6 Å². The van der Waals surface area contributed by atoms with Crippen molar-refractivity contribution in [2.45, 2.75) is 213 Å². The van der Waals surface area contributed by atoms with E-state index in [-0.39, 0.29) is 65.9 Å². The lowest BCUT2D eigenvalue weighted by molar-refractivity contribution is -0.324. The molecule has 11 heteroatoms. The number of nitrogens with one attached hydrogen (secondary N) is 2. The molecule has 3 fully saturated rings. The maximum atomic E-state index is 13.7. The predicted octanol–water partition coefficient (Wildman–Crippen LogP) is 8.96. The fraction of sp³-hybridized carbons (Fsp3) is 0.848. The summed E-state index contributed by atoms with van der Waals surface area (Å²) in [6.45, 7) is 25.8. The van der Waals surface area contributed by atoms with Gasteiger partial charge >= 0.3 is 0 Å². The molecule has 0 aliphatic carbocycles. The molecule has 0 saturated carbocycles. The lowest BCUT2D eigenvalue weighted by Gasteiger charge is -2.48. The maximum absolute atomic E-state index is 13.7. The summed E-state index contributed by atoms with van der Waals surface area (Å²) in [7, 11) is -2.28. The lowest BCUT2D eigenvalue weighted by atomic mass is 9.85. The highest BCUT2D eigenvalue weighted by Crippen LogP contribution is 2.43. The third-order valence-corrected chi connectivity index (χ3v) is 17.9. The average molecular weight is 819 g/mol. The highest BCUT2D eigenvalue weighted by atomic mass is 28.4. The van der Waals surface area contributed by atoms with Crippen LogP contribution in [-0.4, -0.2) is 86.5 Å². The van der Waals surface area contributed by atoms with Crippen LogP contribution in [0.1, 0.15) is 153 Å². The van der Waals surface area contributed by atoms with Crippen LogP contribution in [0.3, 0.4) is 0 Å². The molecule has 0 aromatic heterocycles. The lowest BCUT2D eigenvalue weighted by Crippen LogP contribution is -2.52. The van der Waals surface area contributed by atoms with E-state index in [9.17, 15) is 19.5 Å². The molecule has 3 saturated heterocycles. The molecular formula is C46H82N2O8Si. The van der Waals surface area contributed by atoms with Crippen LogP contribution in [0.25, 0.3) is 0 Å². The molecule has 3 heterocycles. The summed E-state index contributed by atoms with van der Waals surface area (Å²) in [5.41, 5.74) is 1.02. The van der Waals surface area contributed by atoms with Gasteiger partial charge < -0.3 is 34.4 Å². The summed E-state index contributed by atoms with van der Waals surface area (Å²) in [6.07, 6.45) is 15.4. The van der Waals surface area contributed by atoms with Gasteiger partial charge in [0.25, 0.3) is 0 Å². The van der Waals surface area contributed by atoms with Gasteiger partial charge in [-0.3, -0.25) is 14.4 Å². The largest absolute Gasteiger partial charge is 0.411 e. The molecule has 10 nitrogen and oxygen atoms in total. The minimum absolute atomic E-state index is 0.0432. The Morgan fingerprint density at radius 2 is 1.63 bits per heavy atom. The van der Waals surface area contributed by atoms with Crippen molar-refractivity contribution in [2.75, 3.05) is 13.1 Å². The average Bonchev–Trinajstić information content (AvgIpc) is 3.13. The Hall–Kier alpha value is -1.89. The Morgan fingerprint density at radius 1 is 0.930 bits per heavy atom. The molecule has 11 atom stereocenters. The van der Waals surface area contributed by atoms with E-state index in [4.69, 9.17) is 18.6 Å². The minimum atomic E-state index is -2.28. The topological polar surface area (TPSA) is 132 Å². The summed E-state index contributed by atoms with van der Waals surface area (Å²) in [5.74, 6) is -0.138. The van der Waals surface area contributed by atoms with Crippen molar-refractivity contribution in [3.05, 3.63) is 23.8 Å². The molecule has 328 valence electrons. The van der Waals surface area contributed by atoms with Crippen LogP contribution < -0.4 is 10.6 Å². The monoisotopic (exact) mass is 819 g/mol. The van der Waals surface area contributed by atoms with Crippen molar-refractivity contribution >= 4 is 25.9 Å². The first-order chi connectivity index (χ1) is 26.6. The van der Waals surface area contributed by atoms with Gasteiger partial charge in [0.15, 0.2) is 19.9 Å². The molecule has 3 N–H and O–H groups in total. The molecule has 57 heavy (non-hydrogen) atoms. The third kappa shape index (κ3) is 15.9. The molecule has 0 radical (unpaired) electrons. The van der Waals surface area contributed by atoms with Gasteiger partial charge in [-0.25, -0.2) is 0 Å². The Bertz CT molecular complexity index is 1340. The summed E-state index contributed by atoms with van der Waals surface area (Å²) < 4.78 is 26.6. The number of aliphatic hydroxyl groups excluding tert-OH is 1. The number of hydrogen-bond donors (Lipinski definition) is 3. The van der Waals surface area contributed by atoms with Crippen molar-refractivity contribution in [3.8, 4) is 0 Å². The van der Waals surface area contributed by atoms with Crippen LogP contribution in [-0.2, 0) is 33.0 Å². The van der Waals surface area contributed by atoms with E-state index in [1.165, 1.54) is 0 Å². The number of carbonyl (C=O) groups excluding carboxylic acids is 3. The first-order valence-corrected chi connectivity index (χ1v) is 25.3. The van der Waals surface area contributed by atoms with Crippen LogP contribution in [0.15, 0.2) is 23.8 Å². The number of rotatable bonds is 20. The molecular weight excluding hydrogens is 737 g/mol. The second kappa shape index (κ2) is 22.6. The second-order valence-corrected chi connectivity index (χ2v) is 24.3. The minimum Gasteiger partial charge on any atom is -0.411 e. The van der Waals surface area contributed by atoms with Crippen molar-refractivity contribution in [1.29, 1.82) is 0 Å². The van der Waals surface area contributed by atoms with E-state index in [2.05, 4.69) is 71.3 Å². The summed E-state index contributed by atoms with van der Waals surface area (Å²) in [6, 6.07) is 0. The molecule has 0 aromatic rings. The van der Waals surface area contributed by atoms with Crippen molar-refractivity contribution in [3.63, 3.8) is 0 Å². The first-order valence-electron chi connectivity index (χ1n) is 22.4. The summed E-state index contributed by atoms with van der Waals surface area (Å²) in [5, 5.41) is 16.1. The van der Waals surface area contributed by atoms with E-state index < -0.39 is 32.2 Å². The standard InChI is InChI=1S/C46H82N2O8Si/c1-13-16-37(50)28-39-22-20-32(3)41(53-39)29-43(51)48-30-42(56-57(11,12)45(8,9)10)35(6)44(52)47-26-15-18-40-33(4)23-25-46(55-40)24-14-17-38(54-46)21-19-31(2)27-34(5)36(7)49/h13,16,27,31-33,35-36,38-42,49H,14-15,17-26,28-30H2,1-12H3,(H,47,52)(H,48,51)/b16-13+,34-27+/t31-,32-,33-,35-,36-,38-,39+,40+,41+,42-,46-/m0/s1. The molecule has 0 bridgehead atoms. The van der Waals surface area contributed by atoms with Crippen LogP contribution in [0.4, 0.5) is 0 Å². The van der Waals surface area contributed by atoms with Gasteiger partial charge in [0, 0.05) is 32.4 Å². The van der Waals surface area contributed by atoms with Crippen LogP contribution in [0.2, 0.25) is 18.1 Å². The number of ketones is 1. The Balaban J connectivity index is 1.53. The van der Waals surface area contributed by atoms with Crippen molar-refractivity contribution < 1.29 is 38.1 Å². The molecule has 3 rings (SSSR count). The van der Waals surface area contributed by atoms with Crippen LogP contribution >= 0.6 is 0 Å². The number of carbonyl (C=O) groups is 3. The van der Waals surface area contributed by atoms with Crippen LogP contribution in [0, 0.1) is 23.7 Å². The number of ether oxygens (including phenoxy) is 3. The SMILES string of the molecule is C/C=C/C(=O)C[C@H]1CC[C@H](C)[C@@H](CC(=O)NC[C@H](O[Si](C)(C)C(C)(C)C)[C@H](C)C(=O)NCCC[C@H]2O[C@@]3(CCC[C@@H](CC[C@H](C)/C=C(\C)[C@H](C)O)O3)CC[C@@H]2C)O1. The van der Waals surface area contributed by atoms with Gasteiger partial charge in [-0.1, -0.05) is 60.6 Å². The normalized spacial score (nSPS) is 29.8. The van der Waals surface area contributed by atoms with Crippen LogP contribution in [0.5, 0.6) is 0 Å². The molecule has 3 aliphatic rings. The Labute approximate surface area is 347 Å². The number of aliphatic hydroxyl groups is 1. The predicted molar refractivity (Wildman–Crippen MR) is 231 cm³/mol. The van der Waals surface area contributed by atoms with Gasteiger partial charge in [0.05, 0.1) is 49.0 Å². The zero-order chi connectivity index (χ0) is 42.6. The molecule has 0 unspecified atom stereocenters. The third-order valence-electron chi connectivity index (χ3n) is 13.4. The quantitative estimate of drug-likeness (QED) is 0.0481. The Morgan fingerprint density at radius 3 is 2.30 bits per heavy atom. The molecule has 0 aromatic carbocycles. The smallest absolute Gasteiger partial charge is 0.225 e. The zero-order valence-corrected chi connectivity index (χ0v) is 38.9.